The van der Waals surface area contributed by atoms with Gasteiger partial charge in [0.15, 0.2) is 0 Å². The Bertz CT molecular complexity index is 4460. The fourth-order valence-corrected chi connectivity index (χ4v) is 13.8. The molecule has 386 valence electrons. The fourth-order valence-electron chi connectivity index (χ4n) is 13.8. The number of rotatable bonds is 10. The van der Waals surface area contributed by atoms with Gasteiger partial charge < -0.3 is 18.6 Å². The molecule has 2 aliphatic carbocycles. The number of anilines is 5. The zero-order chi connectivity index (χ0) is 54.0. The van der Waals surface area contributed by atoms with E-state index >= 15 is 0 Å². The molecule has 0 saturated carbocycles. The Hall–Kier alpha value is -8.86. The SMILES string of the molecule is Cc1cccc(C)c1N(c1ccc(-c2cccc3c2oc2ccccc23)cc1)c1cc(C(C)C)c2c3c4c(ccc13)C(C(C)C)=CC(N(c1ccc(-c3cccc5c3oc3ccccc35)cc1)c1c(C)cccc1C)C4(C)C=C2. The number of hydrogen-bond donors (Lipinski definition) is 0. The van der Waals surface area contributed by atoms with Gasteiger partial charge >= 0.3 is 0 Å². The van der Waals surface area contributed by atoms with Gasteiger partial charge in [-0.2, -0.15) is 0 Å². The van der Waals surface area contributed by atoms with E-state index in [0.29, 0.717) is 0 Å². The quantitative estimate of drug-likeness (QED) is 0.137. The topological polar surface area (TPSA) is 32.8 Å². The highest BCUT2D eigenvalue weighted by molar-refractivity contribution is 6.12. The number of hydrogen-bond acceptors (Lipinski definition) is 4. The molecule has 4 nitrogen and oxygen atoms in total. The highest BCUT2D eigenvalue weighted by Crippen LogP contribution is 2.57. The monoisotopic (exact) mass is 1020 g/mol. The van der Waals surface area contributed by atoms with E-state index in [1.54, 1.807) is 0 Å². The van der Waals surface area contributed by atoms with Crippen molar-refractivity contribution in [3.05, 3.63) is 245 Å². The lowest BCUT2D eigenvalue weighted by molar-refractivity contribution is 0.509. The van der Waals surface area contributed by atoms with E-state index in [2.05, 4.69) is 266 Å². The number of allylic oxidation sites excluding steroid dienone is 1. The van der Waals surface area contributed by atoms with Crippen LogP contribution in [0.25, 0.3) is 88.6 Å². The molecular formula is C75H64N2O2. The average Bonchev–Trinajstić information content (AvgIpc) is 3.49. The summed E-state index contributed by atoms with van der Waals surface area (Å²) in [4.78, 5) is 5.22. The summed E-state index contributed by atoms with van der Waals surface area (Å²) < 4.78 is 13.2. The first kappa shape index (κ1) is 48.5. The van der Waals surface area contributed by atoms with Crippen LogP contribution >= 0.6 is 0 Å². The highest BCUT2D eigenvalue weighted by Gasteiger charge is 2.46. The Morgan fingerprint density at radius 3 is 1.52 bits per heavy atom. The van der Waals surface area contributed by atoms with Gasteiger partial charge in [0.1, 0.15) is 22.3 Å². The number of furan rings is 2. The summed E-state index contributed by atoms with van der Waals surface area (Å²) in [7, 11) is 0. The van der Waals surface area contributed by atoms with Crippen LogP contribution in [0.3, 0.4) is 0 Å². The third-order valence-electron chi connectivity index (χ3n) is 17.6. The minimum atomic E-state index is -0.455. The first-order chi connectivity index (χ1) is 38.4. The predicted octanol–water partition coefficient (Wildman–Crippen LogP) is 21.3. The van der Waals surface area contributed by atoms with E-state index in [9.17, 15) is 0 Å². The summed E-state index contributed by atoms with van der Waals surface area (Å²) in [6.07, 6.45) is 7.65. The second kappa shape index (κ2) is 18.4. The summed E-state index contributed by atoms with van der Waals surface area (Å²) >= 11 is 0. The first-order valence-electron chi connectivity index (χ1n) is 28.2. The maximum absolute atomic E-state index is 6.58. The second-order valence-corrected chi connectivity index (χ2v) is 23.1. The van der Waals surface area contributed by atoms with Crippen LogP contribution in [-0.2, 0) is 5.41 Å². The molecule has 2 heterocycles. The molecule has 12 aromatic rings. The molecule has 4 heteroatoms. The fraction of sp³-hybridized carbons (Fsp3) is 0.173. The van der Waals surface area contributed by atoms with Gasteiger partial charge in [-0.15, -0.1) is 0 Å². The summed E-state index contributed by atoms with van der Waals surface area (Å²) in [5.74, 6) is 0.522. The van der Waals surface area contributed by atoms with Crippen LogP contribution in [0.5, 0.6) is 0 Å². The van der Waals surface area contributed by atoms with Crippen LogP contribution in [-0.4, -0.2) is 6.04 Å². The van der Waals surface area contributed by atoms with Crippen LogP contribution < -0.4 is 9.80 Å². The number of aryl methyl sites for hydroxylation is 4. The summed E-state index contributed by atoms with van der Waals surface area (Å²) in [5, 5.41) is 7.14. The van der Waals surface area contributed by atoms with Crippen LogP contribution in [0.2, 0.25) is 0 Å². The van der Waals surface area contributed by atoms with Crippen LogP contribution in [0.15, 0.2) is 209 Å². The number of para-hydroxylation sites is 6. The van der Waals surface area contributed by atoms with Gasteiger partial charge in [-0.3, -0.25) is 0 Å². The van der Waals surface area contributed by atoms with Gasteiger partial charge in [-0.1, -0.05) is 192 Å². The van der Waals surface area contributed by atoms with Gasteiger partial charge in [-0.05, 0) is 156 Å². The molecule has 10 aromatic carbocycles. The number of nitrogens with zero attached hydrogens (tertiary/aromatic N) is 2. The molecule has 0 spiro atoms. The van der Waals surface area contributed by atoms with Crippen LogP contribution in [0.1, 0.15) is 85.0 Å². The minimum absolute atomic E-state index is 0.0820. The Morgan fingerprint density at radius 1 is 0.468 bits per heavy atom. The molecule has 0 aliphatic heterocycles. The first-order valence-corrected chi connectivity index (χ1v) is 28.2. The van der Waals surface area contributed by atoms with Gasteiger partial charge in [-0.25, -0.2) is 0 Å². The molecule has 0 fully saturated rings. The zero-order valence-corrected chi connectivity index (χ0v) is 46.6. The third kappa shape index (κ3) is 7.48. The molecule has 0 amide bonds. The lowest BCUT2D eigenvalue weighted by Crippen LogP contribution is -2.49. The van der Waals surface area contributed by atoms with E-state index in [1.807, 2.05) is 12.1 Å². The maximum atomic E-state index is 6.58. The smallest absolute Gasteiger partial charge is 0.143 e. The van der Waals surface area contributed by atoms with Crippen molar-refractivity contribution in [1.82, 2.24) is 0 Å². The molecule has 2 aromatic heterocycles. The number of benzene rings is 10. The van der Waals surface area contributed by atoms with Gasteiger partial charge in [0.2, 0.25) is 0 Å². The molecule has 2 unspecified atom stereocenters. The molecule has 0 N–H and O–H groups in total. The maximum Gasteiger partial charge on any atom is 0.143 e. The Balaban J connectivity index is 0.967. The molecule has 0 saturated heterocycles. The van der Waals surface area contributed by atoms with Crippen molar-refractivity contribution < 1.29 is 8.83 Å². The van der Waals surface area contributed by atoms with E-state index in [4.69, 9.17) is 8.83 Å². The molecule has 0 radical (unpaired) electrons. The van der Waals surface area contributed by atoms with Crippen molar-refractivity contribution in [2.75, 3.05) is 9.80 Å². The van der Waals surface area contributed by atoms with Crippen molar-refractivity contribution >= 4 is 94.7 Å². The van der Waals surface area contributed by atoms with Gasteiger partial charge in [0.05, 0.1) is 17.4 Å². The van der Waals surface area contributed by atoms with Crippen molar-refractivity contribution in [3.63, 3.8) is 0 Å². The van der Waals surface area contributed by atoms with E-state index in [0.717, 1.165) is 77.5 Å². The highest BCUT2D eigenvalue weighted by atomic mass is 16.3. The Kier molecular flexibility index (Phi) is 11.3. The zero-order valence-electron chi connectivity index (χ0n) is 46.6. The van der Waals surface area contributed by atoms with E-state index in [-0.39, 0.29) is 17.9 Å². The lowest BCUT2D eigenvalue weighted by atomic mass is 9.62. The van der Waals surface area contributed by atoms with E-state index < -0.39 is 5.41 Å². The van der Waals surface area contributed by atoms with Crippen LogP contribution in [0, 0.1) is 33.6 Å². The summed E-state index contributed by atoms with van der Waals surface area (Å²) in [5.41, 5.74) is 25.3. The molecular weight excluding hydrogens is 961 g/mol. The Labute approximate surface area is 463 Å². The largest absolute Gasteiger partial charge is 0.455 e. The predicted molar refractivity (Wildman–Crippen MR) is 335 cm³/mol. The normalized spacial score (nSPS) is 15.8. The van der Waals surface area contributed by atoms with Crippen molar-refractivity contribution in [1.29, 1.82) is 0 Å². The lowest BCUT2D eigenvalue weighted by Gasteiger charge is -2.49. The molecule has 0 bridgehead atoms. The minimum Gasteiger partial charge on any atom is -0.455 e. The second-order valence-electron chi connectivity index (χ2n) is 23.1. The standard InChI is InChI=1S/C75H64N2O2/c1-44(2)63-42-65(76(71-46(5)18-14-19-47(71)6)52-34-30-50(31-35-52)54-24-16-26-60-56-22-10-12-28-66(56)78-73(54)60)62-39-38-59-64(45(3)4)43-68(75(9)41-40-58(63)69(62)70(59)75)77(72-48(7)20-15-21-49(72)8)53-36-32-51(33-37-53)55-25-17-27-61-57-23-11-13-29-67(57)79-74(55)61/h10-45,68H,1-9H3. The number of fused-ring (bicyclic) bond motifs is 6. The molecule has 79 heavy (non-hydrogen) atoms. The van der Waals surface area contributed by atoms with Crippen molar-refractivity contribution in [2.45, 2.75) is 79.7 Å². The van der Waals surface area contributed by atoms with Crippen molar-refractivity contribution in [3.8, 4) is 22.3 Å². The van der Waals surface area contributed by atoms with Crippen LogP contribution in [0.4, 0.5) is 28.4 Å². The summed E-state index contributed by atoms with van der Waals surface area (Å²) in [6, 6.07) is 68.9. The molecule has 2 aliphatic rings. The average molecular weight is 1030 g/mol. The van der Waals surface area contributed by atoms with E-state index in [1.165, 1.54) is 77.9 Å². The molecule has 14 rings (SSSR count). The Morgan fingerprint density at radius 2 is 0.975 bits per heavy atom. The third-order valence-corrected chi connectivity index (χ3v) is 17.6. The van der Waals surface area contributed by atoms with Gasteiger partial charge in [0, 0.05) is 60.5 Å². The summed E-state index contributed by atoms with van der Waals surface area (Å²) in [6.45, 7) is 21.0. The van der Waals surface area contributed by atoms with Crippen molar-refractivity contribution in [2.24, 2.45) is 5.92 Å². The molecule has 2 atom stereocenters. The van der Waals surface area contributed by atoms with Gasteiger partial charge in [0.25, 0.3) is 0 Å².